The second kappa shape index (κ2) is 4.38. The molecule has 90 valence electrons. The predicted molar refractivity (Wildman–Crippen MR) is 65.3 cm³/mol. The van der Waals surface area contributed by atoms with Gasteiger partial charge in [0, 0.05) is 22.4 Å². The average molecular weight is 273 g/mol. The first-order valence-electron chi connectivity index (χ1n) is 4.74. The van der Waals surface area contributed by atoms with Crippen LogP contribution in [-0.2, 0) is 14.8 Å². The van der Waals surface area contributed by atoms with Gasteiger partial charge in [-0.1, -0.05) is 24.3 Å². The van der Waals surface area contributed by atoms with Crippen molar-refractivity contribution >= 4 is 19.7 Å². The molecule has 2 rings (SSSR count). The molecule has 17 heavy (non-hydrogen) atoms. The molecule has 0 unspecified atom stereocenters. The van der Waals surface area contributed by atoms with Crippen LogP contribution in [0.2, 0.25) is 0 Å². The molecule has 1 aromatic carbocycles. The van der Waals surface area contributed by atoms with Gasteiger partial charge >= 0.3 is 5.69 Å². The highest BCUT2D eigenvalue weighted by molar-refractivity contribution is 8.13. The van der Waals surface area contributed by atoms with Crippen molar-refractivity contribution in [2.75, 3.05) is 0 Å². The number of benzene rings is 1. The van der Waals surface area contributed by atoms with Gasteiger partial charge in [0.05, 0.1) is 11.4 Å². The van der Waals surface area contributed by atoms with Gasteiger partial charge in [-0.05, 0) is 5.56 Å². The Balaban J connectivity index is 2.51. The lowest BCUT2D eigenvalue weighted by Crippen LogP contribution is -2.01. The van der Waals surface area contributed by atoms with E-state index in [4.69, 9.17) is 10.7 Å². The van der Waals surface area contributed by atoms with E-state index < -0.39 is 9.05 Å². The highest BCUT2D eigenvalue weighted by Crippen LogP contribution is 2.23. The summed E-state index contributed by atoms with van der Waals surface area (Å²) in [6.07, 6.45) is 1.49. The van der Waals surface area contributed by atoms with Gasteiger partial charge in [-0.15, -0.1) is 0 Å². The molecule has 0 fully saturated rings. The van der Waals surface area contributed by atoms with Crippen molar-refractivity contribution in [2.24, 2.45) is 0 Å². The fraction of sp³-hybridized carbons (Fsp3) is 0.100. The standard InChI is InChI=1S/C10H9ClN2O3S/c11-17(15,16)6-7-3-1-2-4-8(7)9-5-12-10(14)13-9/h1-5H,6H2,(H2,12,13,14). The van der Waals surface area contributed by atoms with Gasteiger partial charge in [0.1, 0.15) is 0 Å². The number of rotatable bonds is 3. The van der Waals surface area contributed by atoms with Crippen LogP contribution in [0.15, 0.2) is 35.3 Å². The lowest BCUT2D eigenvalue weighted by molar-refractivity contribution is 0.609. The van der Waals surface area contributed by atoms with E-state index in [1.54, 1.807) is 24.3 Å². The number of hydrogen-bond donors (Lipinski definition) is 2. The van der Waals surface area contributed by atoms with Crippen LogP contribution in [-0.4, -0.2) is 18.4 Å². The van der Waals surface area contributed by atoms with Crippen LogP contribution in [0.5, 0.6) is 0 Å². The van der Waals surface area contributed by atoms with Crippen LogP contribution >= 0.6 is 10.7 Å². The summed E-state index contributed by atoms with van der Waals surface area (Å²) in [5, 5.41) is 0. The van der Waals surface area contributed by atoms with Gasteiger partial charge in [-0.3, -0.25) is 0 Å². The van der Waals surface area contributed by atoms with E-state index in [0.717, 1.165) is 0 Å². The molecule has 5 nitrogen and oxygen atoms in total. The molecule has 0 bridgehead atoms. The Kier molecular flexibility index (Phi) is 3.08. The molecule has 0 aliphatic heterocycles. The summed E-state index contributed by atoms with van der Waals surface area (Å²) >= 11 is 0. The molecule has 0 radical (unpaired) electrons. The second-order valence-corrected chi connectivity index (χ2v) is 6.27. The molecule has 0 aliphatic carbocycles. The van der Waals surface area contributed by atoms with Crippen molar-refractivity contribution in [3.63, 3.8) is 0 Å². The normalized spacial score (nSPS) is 11.6. The van der Waals surface area contributed by atoms with Crippen LogP contribution in [0, 0.1) is 0 Å². The zero-order valence-electron chi connectivity index (χ0n) is 8.60. The topological polar surface area (TPSA) is 82.8 Å². The Labute approximate surface area is 102 Å². The molecule has 1 heterocycles. The smallest absolute Gasteiger partial charge is 0.312 e. The van der Waals surface area contributed by atoms with E-state index in [1.165, 1.54) is 6.20 Å². The minimum Gasteiger partial charge on any atom is -0.312 e. The zero-order valence-corrected chi connectivity index (χ0v) is 10.2. The maximum atomic E-state index is 11.1. The predicted octanol–water partition coefficient (Wildman–Crippen LogP) is 1.44. The van der Waals surface area contributed by atoms with Crippen LogP contribution in [0.3, 0.4) is 0 Å². The SMILES string of the molecule is O=c1[nH]cc(-c2ccccc2CS(=O)(=O)Cl)[nH]1. The van der Waals surface area contributed by atoms with E-state index in [0.29, 0.717) is 16.8 Å². The van der Waals surface area contributed by atoms with Gasteiger partial charge in [0.2, 0.25) is 9.05 Å². The Morgan fingerprint density at radius 3 is 2.53 bits per heavy atom. The lowest BCUT2D eigenvalue weighted by Gasteiger charge is -2.05. The Morgan fingerprint density at radius 2 is 1.94 bits per heavy atom. The largest absolute Gasteiger partial charge is 0.323 e. The van der Waals surface area contributed by atoms with Crippen LogP contribution in [0.25, 0.3) is 11.3 Å². The Bertz CT molecular complexity index is 687. The summed E-state index contributed by atoms with van der Waals surface area (Å²) in [5.41, 5.74) is 1.36. The molecule has 2 aromatic rings. The Hall–Kier alpha value is -1.53. The number of halogens is 1. The molecule has 0 atom stereocenters. The van der Waals surface area contributed by atoms with E-state index in [9.17, 15) is 13.2 Å². The fourth-order valence-electron chi connectivity index (χ4n) is 1.57. The number of aromatic nitrogens is 2. The van der Waals surface area contributed by atoms with Crippen LogP contribution in [0.1, 0.15) is 5.56 Å². The summed E-state index contributed by atoms with van der Waals surface area (Å²) in [7, 11) is 1.59. The zero-order chi connectivity index (χ0) is 12.5. The third-order valence-electron chi connectivity index (χ3n) is 2.23. The van der Waals surface area contributed by atoms with Gasteiger partial charge in [0.25, 0.3) is 0 Å². The molecular formula is C10H9ClN2O3S. The third-order valence-corrected chi connectivity index (χ3v) is 3.21. The molecule has 0 amide bonds. The highest BCUT2D eigenvalue weighted by atomic mass is 35.7. The Morgan fingerprint density at radius 1 is 1.24 bits per heavy atom. The summed E-state index contributed by atoms with van der Waals surface area (Å²) < 4.78 is 22.2. The van der Waals surface area contributed by atoms with Crippen molar-refractivity contribution in [1.29, 1.82) is 0 Å². The first-order chi connectivity index (χ1) is 7.96. The van der Waals surface area contributed by atoms with Gasteiger partial charge in [-0.2, -0.15) is 0 Å². The second-order valence-electron chi connectivity index (χ2n) is 3.50. The van der Waals surface area contributed by atoms with Crippen molar-refractivity contribution in [3.8, 4) is 11.3 Å². The van der Waals surface area contributed by atoms with E-state index in [1.807, 2.05) is 0 Å². The van der Waals surface area contributed by atoms with Crippen molar-refractivity contribution < 1.29 is 8.42 Å². The summed E-state index contributed by atoms with van der Waals surface area (Å²) in [5.74, 6) is -0.280. The minimum absolute atomic E-state index is 0.280. The summed E-state index contributed by atoms with van der Waals surface area (Å²) in [4.78, 5) is 16.0. The maximum absolute atomic E-state index is 11.1. The average Bonchev–Trinajstić information content (AvgIpc) is 2.63. The molecule has 2 N–H and O–H groups in total. The molecule has 1 aromatic heterocycles. The summed E-state index contributed by atoms with van der Waals surface area (Å²) in [6.45, 7) is 0. The molecule has 0 spiro atoms. The number of imidazole rings is 1. The van der Waals surface area contributed by atoms with E-state index in [2.05, 4.69) is 9.97 Å². The molecular weight excluding hydrogens is 264 g/mol. The third kappa shape index (κ3) is 2.98. The lowest BCUT2D eigenvalue weighted by atomic mass is 10.1. The van der Waals surface area contributed by atoms with E-state index >= 15 is 0 Å². The maximum Gasteiger partial charge on any atom is 0.323 e. The molecule has 0 saturated carbocycles. The molecule has 0 aliphatic rings. The quantitative estimate of drug-likeness (QED) is 0.830. The number of H-pyrrole nitrogens is 2. The van der Waals surface area contributed by atoms with Crippen molar-refractivity contribution in [3.05, 3.63) is 46.5 Å². The van der Waals surface area contributed by atoms with Crippen LogP contribution in [0.4, 0.5) is 0 Å². The molecule has 0 saturated heterocycles. The fourth-order valence-corrected chi connectivity index (χ4v) is 2.55. The van der Waals surface area contributed by atoms with Crippen molar-refractivity contribution in [1.82, 2.24) is 9.97 Å². The van der Waals surface area contributed by atoms with Gasteiger partial charge in [0.15, 0.2) is 0 Å². The number of hydrogen-bond acceptors (Lipinski definition) is 3. The minimum atomic E-state index is -3.63. The van der Waals surface area contributed by atoms with E-state index in [-0.39, 0.29) is 11.4 Å². The highest BCUT2D eigenvalue weighted by Gasteiger charge is 2.12. The van der Waals surface area contributed by atoms with Crippen LogP contribution < -0.4 is 5.69 Å². The monoisotopic (exact) mass is 272 g/mol. The summed E-state index contributed by atoms with van der Waals surface area (Å²) in [6, 6.07) is 6.84. The molecule has 7 heteroatoms. The van der Waals surface area contributed by atoms with Crippen molar-refractivity contribution in [2.45, 2.75) is 5.75 Å². The number of aromatic amines is 2. The van der Waals surface area contributed by atoms with Gasteiger partial charge < -0.3 is 9.97 Å². The van der Waals surface area contributed by atoms with Gasteiger partial charge in [-0.25, -0.2) is 13.2 Å². The first kappa shape index (κ1) is 11.9. The number of nitrogens with one attached hydrogen (secondary N) is 2. The first-order valence-corrected chi connectivity index (χ1v) is 7.22.